The fourth-order valence-corrected chi connectivity index (χ4v) is 4.83. The summed E-state index contributed by atoms with van der Waals surface area (Å²) in [6.07, 6.45) is -1.68. The van der Waals surface area contributed by atoms with Crippen LogP contribution in [-0.4, -0.2) is 61.6 Å². The predicted octanol–water partition coefficient (Wildman–Crippen LogP) is 4.85. The summed E-state index contributed by atoms with van der Waals surface area (Å²) in [5.74, 6) is -1.81. The largest absolute Gasteiger partial charge is 0.395 e. The van der Waals surface area contributed by atoms with Crippen molar-refractivity contribution < 1.29 is 22.8 Å². The Hall–Kier alpha value is -2.36. The highest BCUT2D eigenvalue weighted by Crippen LogP contribution is 2.66. The zero-order chi connectivity index (χ0) is 26.7. The number of alkyl halides is 3. The van der Waals surface area contributed by atoms with Crippen LogP contribution >= 0.6 is 23.2 Å². The smallest absolute Gasteiger partial charge is 0.355 e. The summed E-state index contributed by atoms with van der Waals surface area (Å²) in [5, 5.41) is 5.98. The number of rotatable bonds is 10. The lowest BCUT2D eigenvalue weighted by Gasteiger charge is -2.30. The van der Waals surface area contributed by atoms with Crippen molar-refractivity contribution in [2.24, 2.45) is 5.41 Å². The van der Waals surface area contributed by atoms with Crippen LogP contribution in [0, 0.1) is 5.41 Å². The third kappa shape index (κ3) is 6.49. The minimum absolute atomic E-state index is 0.0359. The van der Waals surface area contributed by atoms with E-state index in [9.17, 15) is 22.8 Å². The summed E-state index contributed by atoms with van der Waals surface area (Å²) >= 11 is 12.4. The number of pyridine rings is 1. The molecule has 1 fully saturated rings. The highest BCUT2D eigenvalue weighted by Gasteiger charge is 2.67. The molecule has 1 heterocycles. The van der Waals surface area contributed by atoms with Crippen LogP contribution in [0.2, 0.25) is 10.0 Å². The molecule has 0 aliphatic heterocycles. The van der Waals surface area contributed by atoms with Gasteiger partial charge in [0.2, 0.25) is 5.91 Å². The predicted molar refractivity (Wildman–Crippen MR) is 133 cm³/mol. The van der Waals surface area contributed by atoms with Crippen molar-refractivity contribution in [1.29, 1.82) is 0 Å². The van der Waals surface area contributed by atoms with Crippen LogP contribution in [0.4, 0.5) is 13.2 Å². The molecule has 0 spiro atoms. The van der Waals surface area contributed by atoms with Gasteiger partial charge < -0.3 is 15.5 Å². The molecule has 36 heavy (non-hydrogen) atoms. The number of benzene rings is 1. The molecule has 1 aromatic carbocycles. The Morgan fingerprint density at radius 3 is 2.39 bits per heavy atom. The number of amides is 2. The summed E-state index contributed by atoms with van der Waals surface area (Å²) in [4.78, 5) is 30.6. The van der Waals surface area contributed by atoms with Gasteiger partial charge in [-0.05, 0) is 62.7 Å². The van der Waals surface area contributed by atoms with Gasteiger partial charge in [0.25, 0.3) is 5.91 Å². The fourth-order valence-electron chi connectivity index (χ4n) is 4.39. The molecule has 0 saturated heterocycles. The van der Waals surface area contributed by atoms with Gasteiger partial charge in [-0.2, -0.15) is 13.2 Å². The van der Waals surface area contributed by atoms with Crippen LogP contribution in [0.25, 0.3) is 0 Å². The van der Waals surface area contributed by atoms with Crippen LogP contribution < -0.4 is 10.6 Å². The number of hydrogen-bond acceptors (Lipinski definition) is 4. The molecule has 196 valence electrons. The molecule has 3 rings (SSSR count). The van der Waals surface area contributed by atoms with E-state index in [2.05, 4.69) is 15.6 Å². The second-order valence-corrected chi connectivity index (χ2v) is 10.2. The minimum atomic E-state index is -4.44. The number of carbonyl (C=O) groups excluding carboxylic acids is 2. The van der Waals surface area contributed by atoms with Crippen molar-refractivity contribution in [2.75, 3.05) is 27.7 Å². The van der Waals surface area contributed by atoms with Crippen LogP contribution in [0.5, 0.6) is 0 Å². The Kier molecular flexibility index (Phi) is 8.90. The Labute approximate surface area is 218 Å². The molecule has 1 aliphatic carbocycles. The maximum absolute atomic E-state index is 14.0. The van der Waals surface area contributed by atoms with E-state index in [1.807, 2.05) is 19.0 Å². The highest BCUT2D eigenvalue weighted by molar-refractivity contribution is 6.31. The second kappa shape index (κ2) is 11.4. The first-order valence-corrected chi connectivity index (χ1v) is 12.2. The molecule has 6 nitrogen and oxygen atoms in total. The molecule has 11 heteroatoms. The topological polar surface area (TPSA) is 74.3 Å². The van der Waals surface area contributed by atoms with Crippen LogP contribution in [0.3, 0.4) is 0 Å². The van der Waals surface area contributed by atoms with E-state index in [-0.39, 0.29) is 42.8 Å². The van der Waals surface area contributed by atoms with Crippen molar-refractivity contribution in [3.05, 3.63) is 63.4 Å². The van der Waals surface area contributed by atoms with E-state index in [0.29, 0.717) is 22.6 Å². The molecule has 2 N–H and O–H groups in total. The third-order valence-electron chi connectivity index (χ3n) is 6.80. The number of hydrogen-bond donors (Lipinski definition) is 2. The van der Waals surface area contributed by atoms with E-state index in [0.717, 1.165) is 5.56 Å². The van der Waals surface area contributed by atoms with Crippen LogP contribution in [-0.2, 0) is 11.2 Å². The second-order valence-electron chi connectivity index (χ2n) is 9.36. The standard InChI is InChI=1S/C25H29Cl2F3N4O2/c1-31-23(36)16-5-4-15(21(27)10-16)9-19(34(2)3)14-33-22(35)11-20(17-8-18(26)13-32-12-17)24(6-7-24)25(28,29)30/h4-5,8,10,12-13,19-20H,6-7,9,11,14H2,1-3H3,(H,31,36)(H,33,35). The zero-order valence-corrected chi connectivity index (χ0v) is 21.8. The normalized spacial score (nSPS) is 16.4. The van der Waals surface area contributed by atoms with E-state index >= 15 is 0 Å². The molecule has 0 radical (unpaired) electrons. The molecule has 2 atom stereocenters. The molecule has 0 bridgehead atoms. The molecular weight excluding hydrogens is 516 g/mol. The Morgan fingerprint density at radius 1 is 1.17 bits per heavy atom. The molecule has 2 unspecified atom stereocenters. The van der Waals surface area contributed by atoms with Gasteiger partial charge >= 0.3 is 6.18 Å². The molecular formula is C25H29Cl2F3N4O2. The van der Waals surface area contributed by atoms with Gasteiger partial charge in [-0.15, -0.1) is 0 Å². The average molecular weight is 545 g/mol. The number of aromatic nitrogens is 1. The summed E-state index contributed by atoms with van der Waals surface area (Å²) in [6.45, 7) is 0.207. The molecule has 1 saturated carbocycles. The maximum atomic E-state index is 14.0. The van der Waals surface area contributed by atoms with E-state index in [4.69, 9.17) is 23.2 Å². The van der Waals surface area contributed by atoms with Gasteiger partial charge in [0.1, 0.15) is 0 Å². The Morgan fingerprint density at radius 2 is 1.86 bits per heavy atom. The summed E-state index contributed by atoms with van der Waals surface area (Å²) < 4.78 is 41.9. The lowest BCUT2D eigenvalue weighted by atomic mass is 9.80. The summed E-state index contributed by atoms with van der Waals surface area (Å²) in [7, 11) is 5.21. The van der Waals surface area contributed by atoms with Crippen LogP contribution in [0.15, 0.2) is 36.7 Å². The number of carbonyl (C=O) groups is 2. The first-order valence-electron chi connectivity index (χ1n) is 11.5. The van der Waals surface area contributed by atoms with Crippen molar-refractivity contribution in [3.63, 3.8) is 0 Å². The summed E-state index contributed by atoms with van der Waals surface area (Å²) in [6, 6.07) is 6.28. The van der Waals surface area contributed by atoms with Gasteiger partial charge in [-0.1, -0.05) is 29.3 Å². The van der Waals surface area contributed by atoms with Gasteiger partial charge in [0, 0.05) is 55.0 Å². The SMILES string of the molecule is CNC(=O)c1ccc(CC(CNC(=O)CC(c2cncc(Cl)c2)C2(C(F)(F)F)CC2)N(C)C)c(Cl)c1. The van der Waals surface area contributed by atoms with Crippen LogP contribution in [0.1, 0.15) is 46.7 Å². The lowest BCUT2D eigenvalue weighted by Crippen LogP contribution is -2.42. The monoisotopic (exact) mass is 544 g/mol. The average Bonchev–Trinajstić information content (AvgIpc) is 3.62. The van der Waals surface area contributed by atoms with Gasteiger partial charge in [-0.3, -0.25) is 14.6 Å². The number of nitrogens with zero attached hydrogens (tertiary/aromatic N) is 2. The summed E-state index contributed by atoms with van der Waals surface area (Å²) in [5.41, 5.74) is -0.424. The quantitative estimate of drug-likeness (QED) is 0.448. The Balaban J connectivity index is 1.71. The minimum Gasteiger partial charge on any atom is -0.355 e. The number of nitrogens with one attached hydrogen (secondary N) is 2. The molecule has 2 amide bonds. The van der Waals surface area contributed by atoms with Crippen molar-refractivity contribution in [3.8, 4) is 0 Å². The van der Waals surface area contributed by atoms with Gasteiger partial charge in [-0.25, -0.2) is 0 Å². The van der Waals surface area contributed by atoms with Gasteiger partial charge in [0.05, 0.1) is 10.4 Å². The maximum Gasteiger partial charge on any atom is 0.395 e. The van der Waals surface area contributed by atoms with Crippen molar-refractivity contribution in [1.82, 2.24) is 20.5 Å². The van der Waals surface area contributed by atoms with E-state index in [1.54, 1.807) is 18.2 Å². The van der Waals surface area contributed by atoms with Gasteiger partial charge in [0.15, 0.2) is 0 Å². The lowest BCUT2D eigenvalue weighted by molar-refractivity contribution is -0.194. The van der Waals surface area contributed by atoms with Crippen molar-refractivity contribution >= 4 is 35.0 Å². The number of halogens is 5. The highest BCUT2D eigenvalue weighted by atomic mass is 35.5. The third-order valence-corrected chi connectivity index (χ3v) is 7.36. The zero-order valence-electron chi connectivity index (χ0n) is 20.3. The van der Waals surface area contributed by atoms with Crippen molar-refractivity contribution in [2.45, 2.75) is 43.8 Å². The molecule has 1 aliphatic rings. The van der Waals surface area contributed by atoms with E-state index in [1.165, 1.54) is 25.5 Å². The first-order chi connectivity index (χ1) is 16.9. The fraction of sp³-hybridized carbons (Fsp3) is 0.480. The Bertz CT molecular complexity index is 1110. The molecule has 2 aromatic rings. The first kappa shape index (κ1) is 28.2. The molecule has 1 aromatic heterocycles. The van der Waals surface area contributed by atoms with E-state index < -0.39 is 23.4 Å². The number of likely N-dealkylation sites (N-methyl/N-ethyl adjacent to an activating group) is 1.